The molecule has 1 N–H and O–H groups in total. The SMILES string of the molecule is CC12C(=O)N(c3ccc(F)c(Cl)c3)C(=O)C1CC1C(=CCC3C(=O)N(c4ccc(I)cc4)C(=O)C31)C2c1ccc(O)cc1Cl. The van der Waals surface area contributed by atoms with Crippen LogP contribution < -0.4 is 9.80 Å². The molecule has 3 aromatic rings. The fourth-order valence-electron chi connectivity index (χ4n) is 7.82. The van der Waals surface area contributed by atoms with Crippen molar-refractivity contribution in [3.8, 4) is 5.75 Å². The van der Waals surface area contributed by atoms with Gasteiger partial charge in [0.1, 0.15) is 11.6 Å². The van der Waals surface area contributed by atoms with Crippen molar-refractivity contribution in [2.45, 2.75) is 25.7 Å². The van der Waals surface area contributed by atoms with Gasteiger partial charge in [-0.05, 0) is 108 Å². The van der Waals surface area contributed by atoms with Gasteiger partial charge in [-0.25, -0.2) is 9.29 Å². The van der Waals surface area contributed by atoms with Crippen molar-refractivity contribution in [3.63, 3.8) is 0 Å². The maximum atomic E-state index is 14.4. The fraction of sp³-hybridized carbons (Fsp3) is 0.273. The number of rotatable bonds is 3. The highest BCUT2D eigenvalue weighted by Crippen LogP contribution is 2.64. The number of allylic oxidation sites excluding steroid dienone is 2. The standard InChI is InChI=1S/C33H24Cl2FIN2O5/c1-33-23(30(42)39(32(33)44)17-6-11-26(36)25(35)12-17)14-22-19(28(33)20-8-7-18(40)13-24(20)34)9-10-21-27(22)31(43)38(29(21)41)16-4-2-15(37)3-5-16/h2-9,11-13,21-23,27-28,40H,10,14H2,1H3. The maximum absolute atomic E-state index is 14.4. The third-order valence-corrected chi connectivity index (χ3v) is 11.2. The number of nitrogens with zero attached hydrogens (tertiary/aromatic N) is 2. The van der Waals surface area contributed by atoms with E-state index in [0.29, 0.717) is 11.3 Å². The summed E-state index contributed by atoms with van der Waals surface area (Å²) in [6.45, 7) is 1.72. The Morgan fingerprint density at radius 2 is 1.57 bits per heavy atom. The lowest BCUT2D eigenvalue weighted by Crippen LogP contribution is -2.49. The number of benzene rings is 3. The molecular weight excluding hydrogens is 721 g/mol. The van der Waals surface area contributed by atoms with E-state index in [9.17, 15) is 28.7 Å². The number of hydrogen-bond acceptors (Lipinski definition) is 5. The first-order valence-corrected chi connectivity index (χ1v) is 15.9. The highest BCUT2D eigenvalue weighted by Gasteiger charge is 2.67. The minimum Gasteiger partial charge on any atom is -0.508 e. The average molecular weight is 745 g/mol. The van der Waals surface area contributed by atoms with Crippen LogP contribution in [-0.4, -0.2) is 28.7 Å². The minimum atomic E-state index is -1.34. The summed E-state index contributed by atoms with van der Waals surface area (Å²) in [5.74, 6) is -5.87. The summed E-state index contributed by atoms with van der Waals surface area (Å²) in [6.07, 6.45) is 2.37. The molecule has 2 aliphatic carbocycles. The van der Waals surface area contributed by atoms with Gasteiger partial charge in [-0.1, -0.05) is 40.9 Å². The molecule has 3 fully saturated rings. The van der Waals surface area contributed by atoms with Gasteiger partial charge in [0.25, 0.3) is 0 Å². The number of phenols is 1. The van der Waals surface area contributed by atoms with Crippen LogP contribution in [0, 0.1) is 38.5 Å². The third-order valence-electron chi connectivity index (χ3n) is 9.82. The number of halogens is 4. The van der Waals surface area contributed by atoms with Crippen LogP contribution in [0.1, 0.15) is 31.2 Å². The molecule has 6 atom stereocenters. The zero-order valence-corrected chi connectivity index (χ0v) is 26.8. The predicted octanol–water partition coefficient (Wildman–Crippen LogP) is 6.88. The Kier molecular flexibility index (Phi) is 6.95. The quantitative estimate of drug-likeness (QED) is 0.179. The Morgan fingerprint density at radius 3 is 2.25 bits per heavy atom. The largest absolute Gasteiger partial charge is 0.508 e. The van der Waals surface area contributed by atoms with E-state index in [-0.39, 0.29) is 46.1 Å². The number of phenolic OH excluding ortho intramolecular Hbond substituents is 1. The van der Waals surface area contributed by atoms with Gasteiger partial charge in [0.2, 0.25) is 23.6 Å². The molecule has 3 aromatic carbocycles. The van der Waals surface area contributed by atoms with Gasteiger partial charge in [0, 0.05) is 14.5 Å². The van der Waals surface area contributed by atoms with Gasteiger partial charge < -0.3 is 5.11 Å². The highest BCUT2D eigenvalue weighted by molar-refractivity contribution is 14.1. The second-order valence-corrected chi connectivity index (χ2v) is 14.0. The van der Waals surface area contributed by atoms with Crippen LogP contribution in [0.2, 0.25) is 10.0 Å². The van der Waals surface area contributed by atoms with E-state index in [1.54, 1.807) is 25.1 Å². The van der Waals surface area contributed by atoms with E-state index in [4.69, 9.17) is 23.2 Å². The van der Waals surface area contributed by atoms with Crippen LogP contribution in [-0.2, 0) is 19.2 Å². The summed E-state index contributed by atoms with van der Waals surface area (Å²) < 4.78 is 15.0. The molecule has 2 heterocycles. The molecule has 0 bridgehead atoms. The summed E-state index contributed by atoms with van der Waals surface area (Å²) in [7, 11) is 0. The Bertz CT molecular complexity index is 1830. The second-order valence-electron chi connectivity index (χ2n) is 12.0. The molecule has 2 aliphatic heterocycles. The van der Waals surface area contributed by atoms with Crippen LogP contribution in [0.25, 0.3) is 0 Å². The average Bonchev–Trinajstić information content (AvgIpc) is 3.35. The third kappa shape index (κ3) is 4.11. The van der Waals surface area contributed by atoms with Crippen molar-refractivity contribution in [1.29, 1.82) is 0 Å². The predicted molar refractivity (Wildman–Crippen MR) is 171 cm³/mol. The van der Waals surface area contributed by atoms with Gasteiger partial charge in [-0.15, -0.1) is 0 Å². The molecule has 0 spiro atoms. The number of carbonyl (C=O) groups excluding carboxylic acids is 4. The van der Waals surface area contributed by atoms with Crippen LogP contribution >= 0.6 is 45.8 Å². The zero-order chi connectivity index (χ0) is 31.2. The monoisotopic (exact) mass is 744 g/mol. The Morgan fingerprint density at radius 1 is 0.864 bits per heavy atom. The van der Waals surface area contributed by atoms with Crippen molar-refractivity contribution in [2.75, 3.05) is 9.80 Å². The summed E-state index contributed by atoms with van der Waals surface area (Å²) in [5, 5.41) is 10.1. The van der Waals surface area contributed by atoms with Gasteiger partial charge in [-0.3, -0.25) is 24.1 Å². The molecule has 44 heavy (non-hydrogen) atoms. The molecule has 0 radical (unpaired) electrons. The van der Waals surface area contributed by atoms with Crippen LogP contribution in [0.3, 0.4) is 0 Å². The van der Waals surface area contributed by atoms with E-state index < -0.39 is 52.6 Å². The number of fused-ring (bicyclic) bond motifs is 4. The lowest BCUT2D eigenvalue weighted by atomic mass is 9.51. The first-order chi connectivity index (χ1) is 20.9. The molecule has 0 aromatic heterocycles. The van der Waals surface area contributed by atoms with E-state index in [1.807, 2.05) is 18.2 Å². The molecular formula is C33H24Cl2FIN2O5. The van der Waals surface area contributed by atoms with E-state index >= 15 is 0 Å². The van der Waals surface area contributed by atoms with E-state index in [2.05, 4.69) is 22.6 Å². The summed E-state index contributed by atoms with van der Waals surface area (Å²) in [6, 6.07) is 15.3. The van der Waals surface area contributed by atoms with Crippen molar-refractivity contribution in [2.24, 2.45) is 29.1 Å². The Labute approximate surface area is 275 Å². The smallest absolute Gasteiger partial charge is 0.241 e. The fourth-order valence-corrected chi connectivity index (χ4v) is 8.64. The molecule has 1 saturated carbocycles. The van der Waals surface area contributed by atoms with Gasteiger partial charge in [-0.2, -0.15) is 0 Å². The molecule has 224 valence electrons. The Hall–Kier alpha value is -3.28. The first-order valence-electron chi connectivity index (χ1n) is 14.1. The number of amides is 4. The molecule has 4 amide bonds. The topological polar surface area (TPSA) is 95.0 Å². The molecule has 6 unspecified atom stereocenters. The molecule has 7 nitrogen and oxygen atoms in total. The Balaban J connectivity index is 1.37. The second kappa shape index (κ2) is 10.4. The van der Waals surface area contributed by atoms with Crippen molar-refractivity contribution >= 4 is 80.8 Å². The van der Waals surface area contributed by atoms with E-state index in [0.717, 1.165) is 20.1 Å². The molecule has 2 saturated heterocycles. The molecule has 4 aliphatic rings. The number of anilines is 2. The summed E-state index contributed by atoms with van der Waals surface area (Å²) >= 11 is 14.9. The zero-order valence-electron chi connectivity index (χ0n) is 23.1. The summed E-state index contributed by atoms with van der Waals surface area (Å²) in [5.41, 5.74) is 0.585. The number of imide groups is 2. The lowest BCUT2D eigenvalue weighted by Gasteiger charge is -2.49. The highest BCUT2D eigenvalue weighted by atomic mass is 127. The summed E-state index contributed by atoms with van der Waals surface area (Å²) in [4.78, 5) is 58.8. The number of aromatic hydroxyl groups is 1. The van der Waals surface area contributed by atoms with Crippen molar-refractivity contribution < 1.29 is 28.7 Å². The van der Waals surface area contributed by atoms with Crippen molar-refractivity contribution in [1.82, 2.24) is 0 Å². The number of hydrogen-bond donors (Lipinski definition) is 1. The van der Waals surface area contributed by atoms with Crippen LogP contribution in [0.4, 0.5) is 15.8 Å². The lowest BCUT2D eigenvalue weighted by molar-refractivity contribution is -0.131. The van der Waals surface area contributed by atoms with Gasteiger partial charge >= 0.3 is 0 Å². The molecule has 11 heteroatoms. The number of carbonyl (C=O) groups is 4. The van der Waals surface area contributed by atoms with Crippen molar-refractivity contribution in [3.05, 3.63) is 97.3 Å². The first kappa shape index (κ1) is 29.4. The molecule has 7 rings (SSSR count). The van der Waals surface area contributed by atoms with Gasteiger partial charge in [0.15, 0.2) is 0 Å². The maximum Gasteiger partial charge on any atom is 0.241 e. The normalized spacial score (nSPS) is 29.5. The minimum absolute atomic E-state index is 0.0633. The van der Waals surface area contributed by atoms with Crippen LogP contribution in [0.5, 0.6) is 5.75 Å². The van der Waals surface area contributed by atoms with E-state index in [1.165, 1.54) is 29.2 Å². The van der Waals surface area contributed by atoms with Gasteiger partial charge in [0.05, 0.1) is 39.6 Å². The van der Waals surface area contributed by atoms with Crippen LogP contribution in [0.15, 0.2) is 72.3 Å².